The molecule has 0 saturated heterocycles. The second-order valence-corrected chi connectivity index (χ2v) is 9.13. The molecule has 2 unspecified atom stereocenters. The smallest absolute Gasteiger partial charge is 0.133 e. The average molecular weight is 330 g/mol. The van der Waals surface area contributed by atoms with Gasteiger partial charge in [-0.2, -0.15) is 0 Å². The molecule has 0 aromatic carbocycles. The van der Waals surface area contributed by atoms with Crippen LogP contribution < -0.4 is 0 Å². The summed E-state index contributed by atoms with van der Waals surface area (Å²) in [5.74, 6) is 2.05. The van der Waals surface area contributed by atoms with Gasteiger partial charge in [0.2, 0.25) is 0 Å². The van der Waals surface area contributed by atoms with E-state index in [1.165, 1.54) is 5.57 Å². The van der Waals surface area contributed by atoms with E-state index in [0.717, 1.165) is 32.1 Å². The van der Waals surface area contributed by atoms with Gasteiger partial charge in [-0.15, -0.1) is 0 Å². The second kappa shape index (κ2) is 5.28. The Hall–Kier alpha value is -0.930. The third-order valence-corrected chi connectivity index (χ3v) is 8.34. The Balaban J connectivity index is 1.72. The monoisotopic (exact) mass is 330 g/mol. The molecule has 2 fully saturated rings. The molecule has 0 aromatic rings. The van der Waals surface area contributed by atoms with Gasteiger partial charge >= 0.3 is 0 Å². The lowest BCUT2D eigenvalue weighted by molar-refractivity contribution is -0.130. The number of hydrogen-bond acceptors (Lipinski definition) is 3. The van der Waals surface area contributed by atoms with Crippen molar-refractivity contribution in [3.8, 4) is 0 Å². The van der Waals surface area contributed by atoms with Crippen LogP contribution >= 0.6 is 0 Å². The first kappa shape index (κ1) is 16.5. The van der Waals surface area contributed by atoms with Crippen LogP contribution in [0.15, 0.2) is 23.8 Å². The Morgan fingerprint density at radius 3 is 2.62 bits per heavy atom. The molecule has 0 aliphatic heterocycles. The number of carbonyl (C=O) groups excluding carboxylic acids is 1. The van der Waals surface area contributed by atoms with Crippen molar-refractivity contribution in [1.29, 1.82) is 0 Å². The van der Waals surface area contributed by atoms with E-state index in [4.69, 9.17) is 0 Å². The summed E-state index contributed by atoms with van der Waals surface area (Å²) in [6, 6.07) is 0. The Bertz CT molecular complexity index is 621. The molecule has 0 heterocycles. The Morgan fingerprint density at radius 1 is 1.17 bits per heavy atom. The summed E-state index contributed by atoms with van der Waals surface area (Å²) >= 11 is 0. The second-order valence-electron chi connectivity index (χ2n) is 9.13. The predicted octanol–water partition coefficient (Wildman–Crippen LogP) is 3.26. The molecule has 4 aliphatic rings. The van der Waals surface area contributed by atoms with Gasteiger partial charge in [-0.25, -0.2) is 0 Å². The van der Waals surface area contributed by atoms with Crippen molar-refractivity contribution in [2.24, 2.45) is 34.5 Å². The first-order chi connectivity index (χ1) is 11.3. The maximum absolute atomic E-state index is 12.2. The van der Waals surface area contributed by atoms with Crippen LogP contribution in [-0.4, -0.2) is 28.2 Å². The van der Waals surface area contributed by atoms with Crippen molar-refractivity contribution >= 4 is 5.78 Å². The third kappa shape index (κ3) is 1.94. The highest BCUT2D eigenvalue weighted by molar-refractivity contribution is 5.79. The molecule has 2 saturated carbocycles. The van der Waals surface area contributed by atoms with Crippen LogP contribution in [0, 0.1) is 34.5 Å². The van der Waals surface area contributed by atoms with Gasteiger partial charge in [0.15, 0.2) is 0 Å². The third-order valence-electron chi connectivity index (χ3n) is 8.34. The van der Waals surface area contributed by atoms with E-state index < -0.39 is 12.2 Å². The maximum Gasteiger partial charge on any atom is 0.133 e. The topological polar surface area (TPSA) is 57.5 Å². The van der Waals surface area contributed by atoms with Crippen molar-refractivity contribution in [1.82, 2.24) is 0 Å². The fourth-order valence-corrected chi connectivity index (χ4v) is 7.03. The summed E-state index contributed by atoms with van der Waals surface area (Å²) in [6.45, 7) is 6.24. The van der Waals surface area contributed by atoms with E-state index in [-0.39, 0.29) is 16.7 Å². The highest BCUT2D eigenvalue weighted by atomic mass is 16.3. The number of ketones is 1. The summed E-state index contributed by atoms with van der Waals surface area (Å²) in [5.41, 5.74) is 0.974. The summed E-state index contributed by atoms with van der Waals surface area (Å²) in [4.78, 5) is 12.2. The van der Waals surface area contributed by atoms with E-state index in [1.807, 2.05) is 6.08 Å². The standard InChI is InChI=1S/C21H30O3/c1-12(22)15-7-8-16-14-6-4-13-5-9-18(23)19(24)21(13,3)17(14)10-11-20(15,16)2/h4-5,9,14-19,23-24H,6-8,10-11H2,1-3H3/t14-,15+,16-,17-,18?,19?,20+,21-/m0/s1. The van der Waals surface area contributed by atoms with E-state index >= 15 is 0 Å². The summed E-state index contributed by atoms with van der Waals surface area (Å²) in [5, 5.41) is 21.0. The lowest BCUT2D eigenvalue weighted by atomic mass is 9.47. The Morgan fingerprint density at radius 2 is 1.92 bits per heavy atom. The molecule has 2 N–H and O–H groups in total. The van der Waals surface area contributed by atoms with Gasteiger partial charge in [-0.1, -0.05) is 32.1 Å². The highest BCUT2D eigenvalue weighted by Gasteiger charge is 2.61. The molecule has 3 heteroatoms. The van der Waals surface area contributed by atoms with E-state index in [0.29, 0.717) is 23.5 Å². The zero-order chi connectivity index (χ0) is 17.3. The number of rotatable bonds is 1. The molecular weight excluding hydrogens is 300 g/mol. The molecule has 0 amide bonds. The quantitative estimate of drug-likeness (QED) is 0.776. The summed E-state index contributed by atoms with van der Waals surface area (Å²) in [6.07, 6.45) is 9.87. The molecule has 4 rings (SSSR count). The van der Waals surface area contributed by atoms with Gasteiger partial charge < -0.3 is 10.2 Å². The molecule has 0 radical (unpaired) electrons. The van der Waals surface area contributed by atoms with Gasteiger partial charge in [0.25, 0.3) is 0 Å². The molecule has 8 atom stereocenters. The number of allylic oxidation sites excluding steroid dienone is 2. The first-order valence-electron chi connectivity index (χ1n) is 9.55. The van der Waals surface area contributed by atoms with Crippen LogP contribution in [0.4, 0.5) is 0 Å². The van der Waals surface area contributed by atoms with Crippen molar-refractivity contribution in [3.05, 3.63) is 23.8 Å². The van der Waals surface area contributed by atoms with E-state index in [1.54, 1.807) is 13.0 Å². The van der Waals surface area contributed by atoms with Crippen molar-refractivity contribution in [2.75, 3.05) is 0 Å². The number of carbonyl (C=O) groups is 1. The van der Waals surface area contributed by atoms with Gasteiger partial charge in [-0.05, 0) is 67.8 Å². The van der Waals surface area contributed by atoms with Gasteiger partial charge in [-0.3, -0.25) is 4.79 Å². The number of hydrogen-bond donors (Lipinski definition) is 2. The molecule has 3 nitrogen and oxygen atoms in total. The van der Waals surface area contributed by atoms with Gasteiger partial charge in [0.1, 0.15) is 5.78 Å². The Kier molecular flexibility index (Phi) is 3.64. The summed E-state index contributed by atoms with van der Waals surface area (Å²) in [7, 11) is 0. The largest absolute Gasteiger partial charge is 0.389 e. The van der Waals surface area contributed by atoms with Crippen LogP contribution in [0.3, 0.4) is 0 Å². The zero-order valence-electron chi connectivity index (χ0n) is 15.0. The molecule has 4 aliphatic carbocycles. The predicted molar refractivity (Wildman–Crippen MR) is 93.2 cm³/mol. The summed E-state index contributed by atoms with van der Waals surface area (Å²) < 4.78 is 0. The average Bonchev–Trinajstić information content (AvgIpc) is 2.89. The Labute approximate surface area is 144 Å². The number of Topliss-reactive ketones (excluding diaryl/α,β-unsaturated/α-hetero) is 1. The minimum Gasteiger partial charge on any atom is -0.389 e. The van der Waals surface area contributed by atoms with Crippen LogP contribution in [0.25, 0.3) is 0 Å². The molecule has 0 bridgehead atoms. The van der Waals surface area contributed by atoms with Crippen LogP contribution in [0.2, 0.25) is 0 Å². The molecule has 132 valence electrons. The number of fused-ring (bicyclic) bond motifs is 5. The van der Waals surface area contributed by atoms with Crippen LogP contribution in [0.5, 0.6) is 0 Å². The maximum atomic E-state index is 12.2. The van der Waals surface area contributed by atoms with Crippen molar-refractivity contribution in [3.63, 3.8) is 0 Å². The normalized spacial score (nSPS) is 53.0. The fourth-order valence-electron chi connectivity index (χ4n) is 7.03. The number of aliphatic hydroxyl groups excluding tert-OH is 2. The van der Waals surface area contributed by atoms with Crippen LogP contribution in [0.1, 0.15) is 52.9 Å². The SMILES string of the molecule is CC(=O)[C@H]1CC[C@H]2[C@@H]3CC=C4C=CC(O)C(O)[C@]4(C)[C@H]3CC[C@]12C. The van der Waals surface area contributed by atoms with Crippen molar-refractivity contribution < 1.29 is 15.0 Å². The highest BCUT2D eigenvalue weighted by Crippen LogP contribution is 2.65. The van der Waals surface area contributed by atoms with Crippen molar-refractivity contribution in [2.45, 2.75) is 65.1 Å². The molecule has 24 heavy (non-hydrogen) atoms. The van der Waals surface area contributed by atoms with E-state index in [9.17, 15) is 15.0 Å². The van der Waals surface area contributed by atoms with E-state index in [2.05, 4.69) is 19.9 Å². The minimum absolute atomic E-state index is 0.128. The lowest BCUT2D eigenvalue weighted by Gasteiger charge is -2.58. The number of aliphatic hydroxyl groups is 2. The lowest BCUT2D eigenvalue weighted by Crippen LogP contribution is -2.56. The molecular formula is C21H30O3. The fraction of sp³-hybridized carbons (Fsp3) is 0.762. The zero-order valence-corrected chi connectivity index (χ0v) is 15.0. The molecule has 0 spiro atoms. The first-order valence-corrected chi connectivity index (χ1v) is 9.55. The van der Waals surface area contributed by atoms with Crippen LogP contribution in [-0.2, 0) is 4.79 Å². The van der Waals surface area contributed by atoms with Gasteiger partial charge in [0.05, 0.1) is 12.2 Å². The van der Waals surface area contributed by atoms with Gasteiger partial charge in [0, 0.05) is 11.3 Å². The molecule has 0 aromatic heterocycles. The minimum atomic E-state index is -0.771.